The Bertz CT molecular complexity index is 5650. The molecule has 10 N–H and O–H groups in total. The van der Waals surface area contributed by atoms with Gasteiger partial charge in [-0.25, -0.2) is 9.97 Å². The van der Waals surface area contributed by atoms with E-state index in [4.69, 9.17) is 35.1 Å². The molecule has 0 saturated carbocycles. The van der Waals surface area contributed by atoms with Gasteiger partial charge in [-0.3, -0.25) is 38.3 Å². The number of hydrogen-bond acceptors (Lipinski definition) is 28. The number of anilines is 2. The molecule has 4 aromatic carbocycles. The molecule has 4 aliphatic heterocycles. The van der Waals surface area contributed by atoms with Gasteiger partial charge in [-0.15, -0.1) is 43.1 Å². The molecule has 4 amide bonds. The number of nitrogens with one attached hydrogen (secondary N) is 2. The summed E-state index contributed by atoms with van der Waals surface area (Å²) in [5, 5.41) is 86.6. The number of β-amino-alcohol motifs (C(OH)–C–C–N with tert-alkyl or cyclic N) is 2. The average Bonchev–Trinajstić information content (AvgIpc) is 1.62. The van der Waals surface area contributed by atoms with E-state index in [-0.39, 0.29) is 134 Å². The van der Waals surface area contributed by atoms with E-state index in [1.54, 1.807) is 59.3 Å². The third-order valence-electron chi connectivity index (χ3n) is 23.1. The Kier molecular flexibility index (Phi) is 23.1. The number of nitrogens with two attached hydrogens (primary N) is 2. The molecule has 0 aliphatic carbocycles. The van der Waals surface area contributed by atoms with Crippen LogP contribution in [0.15, 0.2) is 135 Å². The number of carbonyl (C=O) groups excluding carboxylic acids is 4. The van der Waals surface area contributed by atoms with Crippen molar-refractivity contribution in [2.45, 2.75) is 141 Å². The second-order valence-electron chi connectivity index (χ2n) is 31.8. The first-order chi connectivity index (χ1) is 56.9. The molecule has 8 aromatic heterocycles. The zero-order chi connectivity index (χ0) is 82.3. The molecular formula is C84H94N20O12S2. The van der Waals surface area contributed by atoms with E-state index in [1.165, 1.54) is 21.1 Å². The van der Waals surface area contributed by atoms with Crippen LogP contribution in [0.2, 0.25) is 0 Å². The largest absolute Gasteiger partial charge is 0.507 e. The Balaban J connectivity index is 0.544. The molecule has 34 heteroatoms. The zero-order valence-electron chi connectivity index (χ0n) is 66.3. The number of thiazole rings is 2. The van der Waals surface area contributed by atoms with Gasteiger partial charge in [-0.05, 0) is 126 Å². The Hall–Kier alpha value is -11.8. The minimum Gasteiger partial charge on any atom is -0.507 e. The van der Waals surface area contributed by atoms with Gasteiger partial charge < -0.3 is 70.8 Å². The molecule has 12 heterocycles. The number of para-hydroxylation sites is 1. The second-order valence-corrected chi connectivity index (χ2v) is 33.5. The molecule has 0 spiro atoms. The molecule has 16 rings (SSSR count). The second kappa shape index (κ2) is 34.0. The van der Waals surface area contributed by atoms with E-state index in [1.807, 2.05) is 136 Å². The van der Waals surface area contributed by atoms with Crippen LogP contribution in [0, 0.1) is 25.7 Å². The zero-order valence-corrected chi connectivity index (χ0v) is 68.0. The molecule has 12 aromatic rings. The topological polar surface area (TPSA) is 422 Å². The van der Waals surface area contributed by atoms with Gasteiger partial charge in [0.2, 0.25) is 23.6 Å². The molecule has 0 radical (unpaired) electrons. The van der Waals surface area contributed by atoms with E-state index in [9.17, 15) is 39.6 Å². The number of nitrogens with zero attached hydrogens (tertiary/aromatic N) is 16. The number of aromatic hydroxyl groups is 2. The number of benzene rings is 4. The van der Waals surface area contributed by atoms with Gasteiger partial charge in [0.05, 0.1) is 91.0 Å². The number of aromatic nitrogens is 12. The lowest BCUT2D eigenvalue weighted by molar-refractivity contribution is -0.141. The summed E-state index contributed by atoms with van der Waals surface area (Å²) in [5.74, 6) is -2.44. The number of aliphatic hydroxyl groups is 2. The van der Waals surface area contributed by atoms with Crippen LogP contribution < -0.4 is 31.6 Å². The maximum Gasteiger partial charge on any atom is 0.254 e. The maximum atomic E-state index is 15.0. The van der Waals surface area contributed by atoms with Crippen molar-refractivity contribution < 1.29 is 58.1 Å². The maximum absolute atomic E-state index is 15.0. The third kappa shape index (κ3) is 16.6. The normalized spacial score (nSPS) is 19.6. The standard InChI is InChI=1S/C84H94N20O12S2/c1-44(2)73(83(111)101-40-56(105)32-65(101)81(109)89-46(5)50-13-17-52(18-14-50)77-47(6)87-42-117-77)69-36-71(97-115-69)113-29-27-100-25-23-55(39-100)104-64-35-62(92-94-76(64)80(86)96-104)59-21-12-49(31-68(59)108)30-60(51-15-19-53(20-16-51)78-48(7)88-43-118-78)90-82(110)66-33-57(106)41-102(66)84(112)74(45(3)4)70-37-72(98-116-70)114-28-26-99-24-22-54(38-99)103-63-34-61(58-10-8-9-11-67(58)107)91-93-75(63)79(85)95-103/h8-21,31,34-37,42-46,54-57,60,65-66,73-74,105-108H,22-30,32-33,38-41H2,1-7H3,(H2,85,95)(H2,86,96)(H,89,109)(H,90,110)/t46-,54?,55?,56+,57+,60-,65-,66-,73-,74+/m0/s1. The molecule has 614 valence electrons. The Labute approximate surface area is 687 Å². The number of aryl methyl sites for hydroxylation is 2. The van der Waals surface area contributed by atoms with E-state index in [0.29, 0.717) is 82.9 Å². The molecule has 10 atom stereocenters. The lowest BCUT2D eigenvalue weighted by Crippen LogP contribution is -2.49. The molecule has 4 fully saturated rings. The van der Waals surface area contributed by atoms with Crippen molar-refractivity contribution in [1.29, 1.82) is 0 Å². The average molecular weight is 1640 g/mol. The van der Waals surface area contributed by atoms with Crippen LogP contribution in [0.4, 0.5) is 11.6 Å². The molecule has 4 aliphatic rings. The van der Waals surface area contributed by atoms with Gasteiger partial charge in [-0.2, -0.15) is 10.2 Å². The molecule has 0 bridgehead atoms. The molecule has 2 unspecified atom stereocenters. The number of fused-ring (bicyclic) bond motifs is 2. The predicted octanol–water partition coefficient (Wildman–Crippen LogP) is 9.75. The Morgan fingerprint density at radius 3 is 1.51 bits per heavy atom. The third-order valence-corrected chi connectivity index (χ3v) is 25.0. The van der Waals surface area contributed by atoms with Crippen molar-refractivity contribution in [1.82, 2.24) is 90.5 Å². The van der Waals surface area contributed by atoms with Gasteiger partial charge in [0.15, 0.2) is 34.2 Å². The summed E-state index contributed by atoms with van der Waals surface area (Å²) in [7, 11) is 0. The summed E-state index contributed by atoms with van der Waals surface area (Å²) >= 11 is 3.10. The van der Waals surface area contributed by atoms with Crippen LogP contribution in [-0.2, 0) is 25.6 Å². The van der Waals surface area contributed by atoms with Crippen molar-refractivity contribution in [3.05, 3.63) is 166 Å². The molecule has 118 heavy (non-hydrogen) atoms. The van der Waals surface area contributed by atoms with Crippen LogP contribution in [0.5, 0.6) is 23.3 Å². The van der Waals surface area contributed by atoms with Gasteiger partial charge in [0, 0.05) is 88.5 Å². The fourth-order valence-corrected chi connectivity index (χ4v) is 18.5. The Morgan fingerprint density at radius 2 is 1.04 bits per heavy atom. The number of amides is 4. The summed E-state index contributed by atoms with van der Waals surface area (Å²) in [6.45, 7) is 17.6. The summed E-state index contributed by atoms with van der Waals surface area (Å²) in [6, 6.07) is 31.8. The van der Waals surface area contributed by atoms with Crippen LogP contribution in [0.1, 0.15) is 136 Å². The van der Waals surface area contributed by atoms with E-state index >= 15 is 0 Å². The Morgan fingerprint density at radius 1 is 0.568 bits per heavy atom. The minimum atomic E-state index is -1.06. The van der Waals surface area contributed by atoms with E-state index in [0.717, 1.165) is 62.8 Å². The highest BCUT2D eigenvalue weighted by Crippen LogP contribution is 2.41. The minimum absolute atomic E-state index is 0.00466. The fraction of sp³-hybridized carbons (Fsp3) is 0.405. The summed E-state index contributed by atoms with van der Waals surface area (Å²) in [5.41, 5.74) is 26.7. The highest BCUT2D eigenvalue weighted by atomic mass is 32.1. The first-order valence-electron chi connectivity index (χ1n) is 39.8. The lowest BCUT2D eigenvalue weighted by Gasteiger charge is -2.30. The molecule has 32 nitrogen and oxygen atoms in total. The highest BCUT2D eigenvalue weighted by molar-refractivity contribution is 7.13. The van der Waals surface area contributed by atoms with Crippen LogP contribution >= 0.6 is 22.7 Å². The number of phenolic OH excluding ortho intramolecular Hbond substituents is 2. The molecular weight excluding hydrogens is 1550 g/mol. The van der Waals surface area contributed by atoms with Gasteiger partial charge >= 0.3 is 0 Å². The van der Waals surface area contributed by atoms with Crippen molar-refractivity contribution in [3.8, 4) is 66.7 Å². The predicted molar refractivity (Wildman–Crippen MR) is 441 cm³/mol. The van der Waals surface area contributed by atoms with Crippen LogP contribution in [-0.4, -0.2) is 214 Å². The van der Waals surface area contributed by atoms with Gasteiger partial charge in [0.1, 0.15) is 48.6 Å². The quantitative estimate of drug-likeness (QED) is 0.0226. The smallest absolute Gasteiger partial charge is 0.254 e. The monoisotopic (exact) mass is 1640 g/mol. The number of likely N-dealkylation sites (tertiary alicyclic amines) is 4. The van der Waals surface area contributed by atoms with E-state index in [2.05, 4.69) is 66.2 Å². The lowest BCUT2D eigenvalue weighted by atomic mass is 9.91. The number of hydrogen-bond donors (Lipinski definition) is 8. The summed E-state index contributed by atoms with van der Waals surface area (Å²) in [6.07, 6.45) is -0.0786. The first kappa shape index (κ1) is 80.0. The van der Waals surface area contributed by atoms with Crippen LogP contribution in [0.3, 0.4) is 0 Å². The van der Waals surface area contributed by atoms with Gasteiger partial charge in [0.25, 0.3) is 11.8 Å². The number of phenols is 2. The summed E-state index contributed by atoms with van der Waals surface area (Å²) in [4.78, 5) is 76.7. The van der Waals surface area contributed by atoms with Crippen molar-refractivity contribution >= 4 is 80.0 Å². The fourth-order valence-electron chi connectivity index (χ4n) is 16.8. The number of aliphatic hydroxyl groups excluding tert-OH is 2. The SMILES string of the molecule is Cc1ncsc1-c1ccc([C@H](C)NC(=O)[C@@H]2C[C@@H](O)CN2C(=O)[C@H](c2cc(OCCN3CCC(n4nc(N)c5nnc(-c6ccc(C[C@H](NC(=O)[C@@H]7C[C@@H](O)CN7C(=O)[C@@H](c7cc(OCCN8CCC(n9nc(N)c%10nnc(-c%11ccccc%11O)cc%109)C8)no7)C(C)C)c7ccc(-c8scnc8C)cc7)cc6O)cc54)C3)no2)C(C)C)cc1. The van der Waals surface area contributed by atoms with Gasteiger partial charge in [-0.1, -0.05) is 94.4 Å². The summed E-state index contributed by atoms with van der Waals surface area (Å²) < 4.78 is 27.7. The molecule has 4 saturated heterocycles. The van der Waals surface area contributed by atoms with E-state index < -0.39 is 54.0 Å². The number of carbonyl (C=O) groups is 4. The number of nitrogen functional groups attached to an aromatic ring is 2. The highest BCUT2D eigenvalue weighted by Gasteiger charge is 2.46. The number of rotatable bonds is 28. The van der Waals surface area contributed by atoms with Crippen molar-refractivity contribution in [3.63, 3.8) is 0 Å². The van der Waals surface area contributed by atoms with Crippen molar-refractivity contribution in [2.24, 2.45) is 11.8 Å². The van der Waals surface area contributed by atoms with Crippen molar-refractivity contribution in [2.75, 3.05) is 77.0 Å². The number of ether oxygens (including phenoxy) is 2. The first-order valence-corrected chi connectivity index (χ1v) is 41.6. The van der Waals surface area contributed by atoms with Crippen LogP contribution in [0.25, 0.3) is 65.5 Å².